The summed E-state index contributed by atoms with van der Waals surface area (Å²) in [5.74, 6) is 0.502. The fourth-order valence-corrected chi connectivity index (χ4v) is 3.38. The number of anilines is 1. The minimum atomic E-state index is -4.66. The molecule has 2 N–H and O–H groups in total. The van der Waals surface area contributed by atoms with E-state index in [1.165, 1.54) is 22.9 Å². The second kappa shape index (κ2) is 7.68. The number of hydrogen-bond acceptors (Lipinski definition) is 5. The van der Waals surface area contributed by atoms with Crippen LogP contribution in [0.3, 0.4) is 0 Å². The molecule has 0 bridgehead atoms. The lowest BCUT2D eigenvalue weighted by Gasteiger charge is -2.18. The average Bonchev–Trinajstić information content (AvgIpc) is 2.66. The largest absolute Gasteiger partial charge is 0.486 e. The Labute approximate surface area is 158 Å². The van der Waals surface area contributed by atoms with Gasteiger partial charge in [-0.05, 0) is 42.5 Å². The van der Waals surface area contributed by atoms with E-state index in [4.69, 9.17) is 9.47 Å². The number of nitrogens with one attached hydrogen (secondary N) is 2. The smallest absolute Gasteiger partial charge is 0.402 e. The van der Waals surface area contributed by atoms with Crippen LogP contribution in [0.25, 0.3) is 0 Å². The molecule has 0 spiro atoms. The average molecular weight is 416 g/mol. The van der Waals surface area contributed by atoms with Crippen LogP contribution in [0.4, 0.5) is 18.9 Å². The summed E-state index contributed by atoms with van der Waals surface area (Å²) in [5.41, 5.74) is 0.572. The van der Waals surface area contributed by atoms with Crippen molar-refractivity contribution in [1.29, 1.82) is 0 Å². The maximum absolute atomic E-state index is 12.3. The summed E-state index contributed by atoms with van der Waals surface area (Å²) >= 11 is 0. The molecule has 0 radical (unpaired) electrons. The molecule has 1 amide bonds. The van der Waals surface area contributed by atoms with Gasteiger partial charge in [-0.25, -0.2) is 13.1 Å². The van der Waals surface area contributed by atoms with Crippen LogP contribution in [0.15, 0.2) is 47.4 Å². The van der Waals surface area contributed by atoms with Gasteiger partial charge in [-0.1, -0.05) is 0 Å². The molecule has 7 nitrogen and oxygen atoms in total. The molecule has 3 rings (SSSR count). The first-order valence-electron chi connectivity index (χ1n) is 8.01. The van der Waals surface area contributed by atoms with Crippen molar-refractivity contribution in [2.45, 2.75) is 11.1 Å². The van der Waals surface area contributed by atoms with Crippen molar-refractivity contribution >= 4 is 21.6 Å². The lowest BCUT2D eigenvalue weighted by atomic mass is 10.1. The summed E-state index contributed by atoms with van der Waals surface area (Å²) in [6.45, 7) is -0.875. The van der Waals surface area contributed by atoms with Gasteiger partial charge < -0.3 is 14.8 Å². The lowest BCUT2D eigenvalue weighted by molar-refractivity contribution is -0.121. The van der Waals surface area contributed by atoms with E-state index < -0.39 is 28.7 Å². The Hall–Kier alpha value is -2.79. The van der Waals surface area contributed by atoms with Crippen LogP contribution in [0.2, 0.25) is 0 Å². The van der Waals surface area contributed by atoms with Crippen LogP contribution >= 0.6 is 0 Å². The first-order chi connectivity index (χ1) is 13.1. The molecule has 2 aromatic rings. The van der Waals surface area contributed by atoms with Crippen molar-refractivity contribution in [3.63, 3.8) is 0 Å². The van der Waals surface area contributed by atoms with E-state index in [-0.39, 0.29) is 10.6 Å². The number of hydrogen-bond donors (Lipinski definition) is 2. The molecule has 1 heterocycles. The van der Waals surface area contributed by atoms with Gasteiger partial charge in [0, 0.05) is 11.3 Å². The predicted octanol–water partition coefficient (Wildman–Crippen LogP) is 2.55. The fourth-order valence-electron chi connectivity index (χ4n) is 2.37. The van der Waals surface area contributed by atoms with E-state index in [9.17, 15) is 26.4 Å². The van der Waals surface area contributed by atoms with E-state index in [1.54, 1.807) is 12.1 Å². The third-order valence-electron chi connectivity index (χ3n) is 3.69. The van der Waals surface area contributed by atoms with E-state index in [0.29, 0.717) is 30.3 Å². The number of carbonyl (C=O) groups is 1. The zero-order valence-electron chi connectivity index (χ0n) is 14.2. The summed E-state index contributed by atoms with van der Waals surface area (Å²) in [7, 11) is -4.31. The summed E-state index contributed by atoms with van der Waals surface area (Å²) in [6.07, 6.45) is -4.66. The van der Waals surface area contributed by atoms with E-state index >= 15 is 0 Å². The minimum absolute atomic E-state index is 0.273. The molecule has 1 aliphatic heterocycles. The highest BCUT2D eigenvalue weighted by molar-refractivity contribution is 7.89. The molecule has 0 unspecified atom stereocenters. The Balaban J connectivity index is 1.68. The minimum Gasteiger partial charge on any atom is -0.486 e. The number of ether oxygens (including phenoxy) is 2. The number of alkyl halides is 3. The van der Waals surface area contributed by atoms with Gasteiger partial charge in [-0.2, -0.15) is 13.2 Å². The molecule has 0 atom stereocenters. The third-order valence-corrected chi connectivity index (χ3v) is 5.11. The third kappa shape index (κ3) is 4.93. The molecule has 28 heavy (non-hydrogen) atoms. The number of fused-ring (bicyclic) bond motifs is 1. The number of sulfonamides is 1. The second-order valence-corrected chi connectivity index (χ2v) is 7.54. The number of carbonyl (C=O) groups excluding carboxylic acids is 1. The molecule has 150 valence electrons. The Kier molecular flexibility index (Phi) is 5.47. The van der Waals surface area contributed by atoms with Crippen molar-refractivity contribution in [2.75, 3.05) is 25.1 Å². The van der Waals surface area contributed by atoms with Crippen LogP contribution in [0.5, 0.6) is 11.5 Å². The fraction of sp³-hybridized carbons (Fsp3) is 0.235. The van der Waals surface area contributed by atoms with E-state index in [2.05, 4.69) is 5.32 Å². The Morgan fingerprint density at radius 2 is 1.64 bits per heavy atom. The predicted molar refractivity (Wildman–Crippen MR) is 93.1 cm³/mol. The van der Waals surface area contributed by atoms with E-state index in [1.807, 2.05) is 0 Å². The highest BCUT2D eigenvalue weighted by Gasteiger charge is 2.30. The van der Waals surface area contributed by atoms with Gasteiger partial charge in [-0.3, -0.25) is 4.79 Å². The van der Waals surface area contributed by atoms with Crippen molar-refractivity contribution in [1.82, 2.24) is 4.72 Å². The SMILES string of the molecule is O=C(Nc1ccc(S(=O)(=O)NCC(F)(F)F)cc1)c1ccc2c(c1)OCCO2. The molecule has 0 saturated heterocycles. The molecule has 1 aliphatic rings. The van der Waals surface area contributed by atoms with Crippen molar-refractivity contribution in [3.8, 4) is 11.5 Å². The molecule has 0 saturated carbocycles. The molecular formula is C17H15F3N2O5S. The quantitative estimate of drug-likeness (QED) is 0.782. The Morgan fingerprint density at radius 1 is 1.00 bits per heavy atom. The van der Waals surface area contributed by atoms with Gasteiger partial charge in [0.15, 0.2) is 11.5 Å². The maximum Gasteiger partial charge on any atom is 0.402 e. The zero-order valence-corrected chi connectivity index (χ0v) is 15.1. The van der Waals surface area contributed by atoms with Gasteiger partial charge in [0.1, 0.15) is 19.8 Å². The summed E-state index contributed by atoms with van der Waals surface area (Å²) in [5, 5.41) is 2.57. The zero-order chi connectivity index (χ0) is 20.4. The monoisotopic (exact) mass is 416 g/mol. The topological polar surface area (TPSA) is 93.7 Å². The summed E-state index contributed by atoms with van der Waals surface area (Å²) < 4.78 is 72.5. The normalized spacial score (nSPS) is 13.8. The van der Waals surface area contributed by atoms with Crippen molar-refractivity contribution in [3.05, 3.63) is 48.0 Å². The van der Waals surface area contributed by atoms with Crippen molar-refractivity contribution < 1.29 is 35.9 Å². The first kappa shape index (κ1) is 20.0. The highest BCUT2D eigenvalue weighted by Crippen LogP contribution is 2.31. The summed E-state index contributed by atoms with van der Waals surface area (Å²) in [4.78, 5) is 12.0. The molecule has 0 fully saturated rings. The second-order valence-electron chi connectivity index (χ2n) is 5.78. The van der Waals surface area contributed by atoms with Crippen LogP contribution in [-0.2, 0) is 10.0 Å². The molecule has 0 aromatic heterocycles. The summed E-state index contributed by atoms with van der Waals surface area (Å²) in [6, 6.07) is 9.41. The lowest BCUT2D eigenvalue weighted by Crippen LogP contribution is -2.33. The van der Waals surface area contributed by atoms with Crippen molar-refractivity contribution in [2.24, 2.45) is 0 Å². The Morgan fingerprint density at radius 3 is 2.29 bits per heavy atom. The number of benzene rings is 2. The van der Waals surface area contributed by atoms with Crippen LogP contribution in [-0.4, -0.2) is 40.3 Å². The number of amides is 1. The van der Waals surface area contributed by atoms with Gasteiger partial charge in [0.05, 0.1) is 4.90 Å². The van der Waals surface area contributed by atoms with Crippen LogP contribution < -0.4 is 19.5 Å². The molecule has 0 aliphatic carbocycles. The molecule has 2 aromatic carbocycles. The highest BCUT2D eigenvalue weighted by atomic mass is 32.2. The van der Waals surface area contributed by atoms with Crippen LogP contribution in [0.1, 0.15) is 10.4 Å². The number of halogens is 3. The number of rotatable bonds is 5. The molecular weight excluding hydrogens is 401 g/mol. The van der Waals surface area contributed by atoms with Gasteiger partial charge in [-0.15, -0.1) is 0 Å². The van der Waals surface area contributed by atoms with Gasteiger partial charge in [0.2, 0.25) is 10.0 Å². The van der Waals surface area contributed by atoms with Gasteiger partial charge >= 0.3 is 6.18 Å². The van der Waals surface area contributed by atoms with E-state index in [0.717, 1.165) is 12.1 Å². The standard InChI is InChI=1S/C17H15F3N2O5S/c18-17(19,20)10-21-28(24,25)13-4-2-12(3-5-13)22-16(23)11-1-6-14-15(9-11)27-8-7-26-14/h1-6,9,21H,7-8,10H2,(H,22,23). The maximum atomic E-state index is 12.3. The first-order valence-corrected chi connectivity index (χ1v) is 9.50. The molecule has 11 heteroatoms. The van der Waals surface area contributed by atoms with Crippen LogP contribution in [0, 0.1) is 0 Å². The van der Waals surface area contributed by atoms with Gasteiger partial charge in [0.25, 0.3) is 5.91 Å². The Bertz CT molecular complexity index is 975.